The zero-order valence-electron chi connectivity index (χ0n) is 30.0. The standard InChI is InChI=1S/C42H48N6O4/c1-46(20-21-47-22-24-52-25-23-47)42(51)31-12-14-35(37(26-31)40(43)49)34-15-13-32(48-18-5-2-6-19-48)28-36(34)39-27-30(16-17-44-39)41(50)45-38-11-7-9-29-8-3-4-10-33(29)38/h3-4,8,10,12-17,26-28,38H,2,5-7,9,11,18-25H2,1H3,(H2,43,49)(H,45,50)/t38-/m0/s1. The van der Waals surface area contributed by atoms with Crippen molar-refractivity contribution in [2.45, 2.75) is 44.6 Å². The number of nitrogens with one attached hydrogen (secondary N) is 1. The monoisotopic (exact) mass is 700 g/mol. The van der Waals surface area contributed by atoms with Crippen LogP contribution in [-0.4, -0.2) is 92.0 Å². The number of piperidine rings is 1. The van der Waals surface area contributed by atoms with Crippen LogP contribution in [0.3, 0.4) is 0 Å². The second kappa shape index (κ2) is 16.1. The molecule has 10 nitrogen and oxygen atoms in total. The van der Waals surface area contributed by atoms with Gasteiger partial charge in [0.25, 0.3) is 11.8 Å². The van der Waals surface area contributed by atoms with E-state index in [4.69, 9.17) is 15.5 Å². The number of hydrogen-bond donors (Lipinski definition) is 2. The molecule has 3 heterocycles. The first-order chi connectivity index (χ1) is 25.4. The Morgan fingerprint density at radius 3 is 2.46 bits per heavy atom. The van der Waals surface area contributed by atoms with Crippen LogP contribution >= 0.6 is 0 Å². The normalized spacial score (nSPS) is 17.6. The number of pyridine rings is 1. The van der Waals surface area contributed by atoms with Gasteiger partial charge in [-0.1, -0.05) is 36.4 Å². The molecular formula is C42H48N6O4. The summed E-state index contributed by atoms with van der Waals surface area (Å²) in [6.45, 7) is 6.31. The van der Waals surface area contributed by atoms with Crippen LogP contribution < -0.4 is 16.0 Å². The lowest BCUT2D eigenvalue weighted by Crippen LogP contribution is -2.42. The third-order valence-electron chi connectivity index (χ3n) is 10.7. The Kier molecular flexibility index (Phi) is 10.9. The summed E-state index contributed by atoms with van der Waals surface area (Å²) in [7, 11) is 1.78. The van der Waals surface area contributed by atoms with Crippen molar-refractivity contribution in [3.05, 3.63) is 107 Å². The first kappa shape index (κ1) is 35.3. The Hall–Kier alpha value is -5.06. The SMILES string of the molecule is CN(CCN1CCOCC1)C(=O)c1ccc(-c2ccc(N3CCCCC3)cc2-c2cc(C(=O)N[C@H]3CCCc4ccccc43)ccn2)c(C(N)=O)c1. The van der Waals surface area contributed by atoms with Crippen LogP contribution in [0.1, 0.15) is 80.3 Å². The average molecular weight is 701 g/mol. The molecule has 0 unspecified atom stereocenters. The number of nitrogens with zero attached hydrogens (tertiary/aromatic N) is 4. The number of benzene rings is 3. The molecule has 52 heavy (non-hydrogen) atoms. The molecule has 1 aliphatic carbocycles. The van der Waals surface area contributed by atoms with Crippen molar-refractivity contribution in [3.63, 3.8) is 0 Å². The van der Waals surface area contributed by atoms with E-state index >= 15 is 0 Å². The second-order valence-electron chi connectivity index (χ2n) is 14.1. The summed E-state index contributed by atoms with van der Waals surface area (Å²) >= 11 is 0. The fourth-order valence-corrected chi connectivity index (χ4v) is 7.75. The minimum Gasteiger partial charge on any atom is -0.379 e. The molecule has 270 valence electrons. The highest BCUT2D eigenvalue weighted by atomic mass is 16.5. The number of ether oxygens (including phenoxy) is 1. The molecule has 0 spiro atoms. The summed E-state index contributed by atoms with van der Waals surface area (Å²) in [5.41, 5.74) is 13.5. The van der Waals surface area contributed by atoms with E-state index in [0.717, 1.165) is 81.6 Å². The number of morpholine rings is 1. The molecule has 10 heteroatoms. The van der Waals surface area contributed by atoms with Crippen LogP contribution in [0, 0.1) is 0 Å². The van der Waals surface area contributed by atoms with Crippen molar-refractivity contribution >= 4 is 23.4 Å². The number of aromatic nitrogens is 1. The van der Waals surface area contributed by atoms with Crippen LogP contribution in [-0.2, 0) is 11.2 Å². The number of amides is 3. The van der Waals surface area contributed by atoms with E-state index < -0.39 is 5.91 Å². The highest BCUT2D eigenvalue weighted by Crippen LogP contribution is 2.38. The number of primary amides is 1. The third kappa shape index (κ3) is 7.88. The maximum absolute atomic E-state index is 13.8. The fraction of sp³-hybridized carbons (Fsp3) is 0.381. The molecule has 2 saturated heterocycles. The molecule has 3 aliphatic rings. The van der Waals surface area contributed by atoms with Crippen molar-refractivity contribution in [2.24, 2.45) is 5.73 Å². The number of likely N-dealkylation sites (N-methyl/N-ethyl adjacent to an activating group) is 1. The van der Waals surface area contributed by atoms with Crippen LogP contribution in [0.4, 0.5) is 5.69 Å². The second-order valence-corrected chi connectivity index (χ2v) is 14.1. The number of nitrogens with two attached hydrogens (primary N) is 1. The van der Waals surface area contributed by atoms with E-state index in [2.05, 4.69) is 45.4 Å². The maximum Gasteiger partial charge on any atom is 0.253 e. The van der Waals surface area contributed by atoms with Gasteiger partial charge in [0.05, 0.1) is 24.9 Å². The lowest BCUT2D eigenvalue weighted by molar-refractivity contribution is 0.0338. The van der Waals surface area contributed by atoms with Crippen molar-refractivity contribution in [3.8, 4) is 22.4 Å². The number of aryl methyl sites for hydroxylation is 1. The molecular weight excluding hydrogens is 652 g/mol. The van der Waals surface area contributed by atoms with E-state index in [1.165, 1.54) is 17.5 Å². The number of anilines is 1. The molecule has 3 N–H and O–H groups in total. The summed E-state index contributed by atoms with van der Waals surface area (Å²) < 4.78 is 5.45. The smallest absolute Gasteiger partial charge is 0.253 e. The number of carbonyl (C=O) groups excluding carboxylic acids is 3. The van der Waals surface area contributed by atoms with Gasteiger partial charge in [-0.3, -0.25) is 24.3 Å². The highest BCUT2D eigenvalue weighted by molar-refractivity contribution is 6.05. The molecule has 3 aromatic carbocycles. The maximum atomic E-state index is 13.8. The van der Waals surface area contributed by atoms with Gasteiger partial charge >= 0.3 is 0 Å². The van der Waals surface area contributed by atoms with E-state index in [-0.39, 0.29) is 23.4 Å². The van der Waals surface area contributed by atoms with Gasteiger partial charge in [0.1, 0.15) is 0 Å². The molecule has 3 amide bonds. The van der Waals surface area contributed by atoms with Crippen molar-refractivity contribution in [2.75, 3.05) is 64.4 Å². The molecule has 0 radical (unpaired) electrons. The molecule has 2 fully saturated rings. The molecule has 4 aromatic rings. The summed E-state index contributed by atoms with van der Waals surface area (Å²) in [5.74, 6) is -0.956. The van der Waals surface area contributed by atoms with Gasteiger partial charge in [-0.05, 0) is 97.2 Å². The van der Waals surface area contributed by atoms with Gasteiger partial charge < -0.3 is 25.6 Å². The lowest BCUT2D eigenvalue weighted by atomic mass is 9.87. The largest absolute Gasteiger partial charge is 0.379 e. The quantitative estimate of drug-likeness (QED) is 0.217. The number of carbonyl (C=O) groups is 3. The first-order valence-corrected chi connectivity index (χ1v) is 18.6. The molecule has 0 saturated carbocycles. The predicted octanol–water partition coefficient (Wildman–Crippen LogP) is 5.72. The van der Waals surface area contributed by atoms with Gasteiger partial charge in [-0.15, -0.1) is 0 Å². The molecule has 2 aliphatic heterocycles. The Morgan fingerprint density at radius 2 is 1.65 bits per heavy atom. The van der Waals surface area contributed by atoms with Gasteiger partial charge in [0, 0.05) is 80.5 Å². The minimum absolute atomic E-state index is 0.0511. The van der Waals surface area contributed by atoms with E-state index in [1.54, 1.807) is 42.4 Å². The van der Waals surface area contributed by atoms with Crippen LogP contribution in [0.15, 0.2) is 79.0 Å². The summed E-state index contributed by atoms with van der Waals surface area (Å²) in [6.07, 6.45) is 8.05. The summed E-state index contributed by atoms with van der Waals surface area (Å²) in [6, 6.07) is 23.2. The summed E-state index contributed by atoms with van der Waals surface area (Å²) in [4.78, 5) is 51.4. The third-order valence-corrected chi connectivity index (χ3v) is 10.7. The summed E-state index contributed by atoms with van der Waals surface area (Å²) in [5, 5.41) is 3.28. The van der Waals surface area contributed by atoms with Gasteiger partial charge in [-0.2, -0.15) is 0 Å². The number of hydrogen-bond acceptors (Lipinski definition) is 7. The van der Waals surface area contributed by atoms with Crippen LogP contribution in [0.5, 0.6) is 0 Å². The van der Waals surface area contributed by atoms with Gasteiger partial charge in [0.15, 0.2) is 0 Å². The van der Waals surface area contributed by atoms with Crippen molar-refractivity contribution in [1.82, 2.24) is 20.1 Å². The topological polar surface area (TPSA) is 121 Å². The van der Waals surface area contributed by atoms with Gasteiger partial charge in [-0.25, -0.2) is 0 Å². The molecule has 1 aromatic heterocycles. The van der Waals surface area contributed by atoms with E-state index in [0.29, 0.717) is 42.1 Å². The molecule has 0 bridgehead atoms. The van der Waals surface area contributed by atoms with Crippen LogP contribution in [0.2, 0.25) is 0 Å². The Morgan fingerprint density at radius 1 is 0.865 bits per heavy atom. The van der Waals surface area contributed by atoms with Gasteiger partial charge in [0.2, 0.25) is 5.91 Å². The number of rotatable bonds is 10. The zero-order chi connectivity index (χ0) is 36.0. The molecule has 1 atom stereocenters. The molecule has 7 rings (SSSR count). The predicted molar refractivity (Wildman–Crippen MR) is 203 cm³/mol. The average Bonchev–Trinajstić information content (AvgIpc) is 3.20. The fourth-order valence-electron chi connectivity index (χ4n) is 7.75. The highest BCUT2D eigenvalue weighted by Gasteiger charge is 2.24. The minimum atomic E-state index is -0.625. The van der Waals surface area contributed by atoms with Crippen molar-refractivity contribution in [1.29, 1.82) is 0 Å². The number of fused-ring (bicyclic) bond motifs is 1. The van der Waals surface area contributed by atoms with E-state index in [9.17, 15) is 14.4 Å². The van der Waals surface area contributed by atoms with Crippen LogP contribution in [0.25, 0.3) is 22.4 Å². The van der Waals surface area contributed by atoms with Crippen molar-refractivity contribution < 1.29 is 19.1 Å². The first-order valence-electron chi connectivity index (χ1n) is 18.6. The Labute approximate surface area is 306 Å². The van der Waals surface area contributed by atoms with E-state index in [1.807, 2.05) is 18.2 Å². The Bertz CT molecular complexity index is 1930. The zero-order valence-corrected chi connectivity index (χ0v) is 30.0. The Balaban J connectivity index is 1.21. The lowest BCUT2D eigenvalue weighted by Gasteiger charge is -2.30.